The molecule has 1 N–H and O–H groups in total. The number of aromatic nitrogens is 3. The highest BCUT2D eigenvalue weighted by Gasteiger charge is 2.51. The first-order valence-corrected chi connectivity index (χ1v) is 9.20. The van der Waals surface area contributed by atoms with Gasteiger partial charge in [0.25, 0.3) is 0 Å². The Morgan fingerprint density at radius 1 is 1.22 bits per heavy atom. The second-order valence-electron chi connectivity index (χ2n) is 8.85. The zero-order valence-electron chi connectivity index (χ0n) is 15.8. The average molecular weight is 368 g/mol. The van der Waals surface area contributed by atoms with Gasteiger partial charge in [-0.25, -0.2) is 9.97 Å². The molecule has 0 spiro atoms. The molecular formula is C19H24N6O2. The molecule has 0 aromatic carbocycles. The van der Waals surface area contributed by atoms with Crippen molar-refractivity contribution in [2.24, 2.45) is 10.8 Å². The van der Waals surface area contributed by atoms with Crippen molar-refractivity contribution in [3.05, 3.63) is 41.0 Å². The standard InChI is InChI=1S/C19H24N6O2/c1-18(2)8-14-9-19(3,10-18)11-24(14)17-15(25(26)27)16(21-12-22-17)23-13-4-6-20-7-5-13/h4-7,12,14H,8-11H2,1-3H3,(H,20,21,22,23). The van der Waals surface area contributed by atoms with Gasteiger partial charge >= 0.3 is 5.69 Å². The van der Waals surface area contributed by atoms with Crippen LogP contribution in [-0.2, 0) is 0 Å². The van der Waals surface area contributed by atoms with Crippen LogP contribution in [0.15, 0.2) is 30.9 Å². The summed E-state index contributed by atoms with van der Waals surface area (Å²) in [5, 5.41) is 15.0. The monoisotopic (exact) mass is 368 g/mol. The second kappa shape index (κ2) is 6.14. The van der Waals surface area contributed by atoms with E-state index in [0.717, 1.165) is 25.8 Å². The fraction of sp³-hybridized carbons (Fsp3) is 0.526. The Balaban J connectivity index is 1.73. The van der Waals surface area contributed by atoms with Crippen LogP contribution < -0.4 is 10.2 Å². The molecule has 8 heteroatoms. The molecule has 0 amide bonds. The Kier molecular flexibility index (Phi) is 4.01. The number of hydrogen-bond donors (Lipinski definition) is 1. The van der Waals surface area contributed by atoms with E-state index in [-0.39, 0.29) is 33.3 Å². The molecule has 3 heterocycles. The molecule has 2 aliphatic rings. The Hall–Kier alpha value is -2.77. The van der Waals surface area contributed by atoms with E-state index in [1.807, 2.05) is 0 Å². The van der Waals surface area contributed by atoms with Gasteiger partial charge in [-0.15, -0.1) is 0 Å². The number of nitro groups is 1. The van der Waals surface area contributed by atoms with Gasteiger partial charge in [0.05, 0.1) is 4.92 Å². The lowest BCUT2D eigenvalue weighted by molar-refractivity contribution is -0.383. The van der Waals surface area contributed by atoms with Crippen molar-refractivity contribution < 1.29 is 4.92 Å². The van der Waals surface area contributed by atoms with Crippen LogP contribution in [0.1, 0.15) is 40.0 Å². The maximum atomic E-state index is 11.9. The van der Waals surface area contributed by atoms with Gasteiger partial charge in [0, 0.05) is 30.7 Å². The largest absolute Gasteiger partial charge is 0.353 e. The van der Waals surface area contributed by atoms with Crippen LogP contribution in [0.2, 0.25) is 0 Å². The van der Waals surface area contributed by atoms with Gasteiger partial charge in [0.2, 0.25) is 11.6 Å². The summed E-state index contributed by atoms with van der Waals surface area (Å²) < 4.78 is 0. The minimum Gasteiger partial charge on any atom is -0.347 e. The van der Waals surface area contributed by atoms with E-state index in [2.05, 4.69) is 45.9 Å². The van der Waals surface area contributed by atoms with Crippen molar-refractivity contribution in [1.82, 2.24) is 15.0 Å². The smallest absolute Gasteiger partial charge is 0.347 e. The molecule has 4 rings (SSSR count). The molecule has 1 saturated carbocycles. The molecule has 1 saturated heterocycles. The number of fused-ring (bicyclic) bond motifs is 2. The molecule has 1 aliphatic heterocycles. The fourth-order valence-electron chi connectivity index (χ4n) is 5.12. The summed E-state index contributed by atoms with van der Waals surface area (Å²) in [6, 6.07) is 3.76. The van der Waals surface area contributed by atoms with Crippen molar-refractivity contribution in [2.45, 2.75) is 46.1 Å². The molecule has 2 fully saturated rings. The first-order chi connectivity index (χ1) is 12.8. The van der Waals surface area contributed by atoms with Crippen LogP contribution >= 0.6 is 0 Å². The van der Waals surface area contributed by atoms with Crippen LogP contribution in [0, 0.1) is 20.9 Å². The molecule has 2 unspecified atom stereocenters. The molecule has 2 aromatic rings. The van der Waals surface area contributed by atoms with Crippen molar-refractivity contribution in [3.8, 4) is 0 Å². The van der Waals surface area contributed by atoms with Crippen LogP contribution in [0.3, 0.4) is 0 Å². The molecule has 0 radical (unpaired) electrons. The van der Waals surface area contributed by atoms with E-state index in [4.69, 9.17) is 0 Å². The molecule has 1 aliphatic carbocycles. The Morgan fingerprint density at radius 2 is 1.96 bits per heavy atom. The number of rotatable bonds is 4. The summed E-state index contributed by atoms with van der Waals surface area (Å²) in [5.41, 5.74) is 1.02. The van der Waals surface area contributed by atoms with E-state index < -0.39 is 0 Å². The Bertz CT molecular complexity index is 872. The topological polar surface area (TPSA) is 97.1 Å². The molecule has 27 heavy (non-hydrogen) atoms. The third-order valence-corrected chi connectivity index (χ3v) is 5.62. The second-order valence-corrected chi connectivity index (χ2v) is 8.85. The SMILES string of the molecule is CC1(C)CC2CC(C)(CN2c2ncnc(Nc3ccncc3)c2[N+](=O)[O-])C1. The summed E-state index contributed by atoms with van der Waals surface area (Å²) in [6.07, 6.45) is 7.84. The molecule has 142 valence electrons. The van der Waals surface area contributed by atoms with Gasteiger partial charge in [-0.05, 0) is 42.2 Å². The highest BCUT2D eigenvalue weighted by atomic mass is 16.6. The van der Waals surface area contributed by atoms with E-state index in [9.17, 15) is 10.1 Å². The van der Waals surface area contributed by atoms with E-state index in [0.29, 0.717) is 11.5 Å². The van der Waals surface area contributed by atoms with Gasteiger partial charge in [-0.3, -0.25) is 15.1 Å². The lowest BCUT2D eigenvalue weighted by Crippen LogP contribution is -2.35. The maximum absolute atomic E-state index is 11.9. The molecule has 2 bridgehead atoms. The van der Waals surface area contributed by atoms with Gasteiger partial charge in [0.15, 0.2) is 0 Å². The van der Waals surface area contributed by atoms with E-state index in [1.165, 1.54) is 6.33 Å². The molecule has 2 atom stereocenters. The lowest BCUT2D eigenvalue weighted by Gasteiger charge is -2.39. The minimum absolute atomic E-state index is 0.0664. The van der Waals surface area contributed by atoms with Crippen LogP contribution in [0.4, 0.5) is 23.0 Å². The van der Waals surface area contributed by atoms with Gasteiger partial charge in [0.1, 0.15) is 6.33 Å². The summed E-state index contributed by atoms with van der Waals surface area (Å²) >= 11 is 0. The highest BCUT2D eigenvalue weighted by molar-refractivity contribution is 5.74. The first kappa shape index (κ1) is 17.6. The number of nitrogens with zero attached hydrogens (tertiary/aromatic N) is 5. The van der Waals surface area contributed by atoms with Crippen LogP contribution in [-0.4, -0.2) is 32.5 Å². The zero-order valence-corrected chi connectivity index (χ0v) is 15.8. The number of anilines is 3. The van der Waals surface area contributed by atoms with Crippen LogP contribution in [0.25, 0.3) is 0 Å². The maximum Gasteiger partial charge on any atom is 0.353 e. The average Bonchev–Trinajstić information content (AvgIpc) is 2.84. The molecule has 2 aromatic heterocycles. The summed E-state index contributed by atoms with van der Waals surface area (Å²) in [7, 11) is 0. The minimum atomic E-state index is -0.380. The van der Waals surface area contributed by atoms with Crippen molar-refractivity contribution in [1.29, 1.82) is 0 Å². The predicted octanol–water partition coefficient (Wildman–Crippen LogP) is 3.93. The third kappa shape index (κ3) is 3.31. The summed E-state index contributed by atoms with van der Waals surface area (Å²) in [4.78, 5) is 26.1. The lowest BCUT2D eigenvalue weighted by atomic mass is 9.65. The normalized spacial score (nSPS) is 26.0. The highest BCUT2D eigenvalue weighted by Crippen LogP contribution is 2.54. The first-order valence-electron chi connectivity index (χ1n) is 9.20. The summed E-state index contributed by atoms with van der Waals surface area (Å²) in [5.74, 6) is 0.625. The Labute approximate surface area is 158 Å². The van der Waals surface area contributed by atoms with E-state index in [1.54, 1.807) is 24.5 Å². The summed E-state index contributed by atoms with van der Waals surface area (Å²) in [6.45, 7) is 7.63. The number of hydrogen-bond acceptors (Lipinski definition) is 7. The Morgan fingerprint density at radius 3 is 2.67 bits per heavy atom. The van der Waals surface area contributed by atoms with Gasteiger partial charge < -0.3 is 10.2 Å². The van der Waals surface area contributed by atoms with Crippen molar-refractivity contribution >= 4 is 23.0 Å². The van der Waals surface area contributed by atoms with Gasteiger partial charge in [-0.2, -0.15) is 0 Å². The number of pyridine rings is 1. The molecule has 8 nitrogen and oxygen atoms in total. The van der Waals surface area contributed by atoms with E-state index >= 15 is 0 Å². The van der Waals surface area contributed by atoms with Crippen molar-refractivity contribution in [2.75, 3.05) is 16.8 Å². The fourth-order valence-corrected chi connectivity index (χ4v) is 5.12. The third-order valence-electron chi connectivity index (χ3n) is 5.62. The zero-order chi connectivity index (χ0) is 19.2. The van der Waals surface area contributed by atoms with Crippen molar-refractivity contribution in [3.63, 3.8) is 0 Å². The van der Waals surface area contributed by atoms with Gasteiger partial charge in [-0.1, -0.05) is 20.8 Å². The number of nitrogens with one attached hydrogen (secondary N) is 1. The van der Waals surface area contributed by atoms with Crippen LogP contribution in [0.5, 0.6) is 0 Å². The molecular weight excluding hydrogens is 344 g/mol. The predicted molar refractivity (Wildman–Crippen MR) is 103 cm³/mol. The quantitative estimate of drug-likeness (QED) is 0.645.